The van der Waals surface area contributed by atoms with Gasteiger partial charge < -0.3 is 30.2 Å². The van der Waals surface area contributed by atoms with E-state index in [9.17, 15) is 5.11 Å². The molecule has 3 unspecified atom stereocenters. The Kier molecular flexibility index (Phi) is 4.24. The largest absolute Gasteiger partial charge is 0.394 e. The molecule has 0 saturated carbocycles. The summed E-state index contributed by atoms with van der Waals surface area (Å²) in [7, 11) is 2.86. The molecule has 6 nitrogen and oxygen atoms in total. The van der Waals surface area contributed by atoms with Crippen LogP contribution < -0.4 is 5.73 Å². The lowest BCUT2D eigenvalue weighted by Gasteiger charge is -2.41. The van der Waals surface area contributed by atoms with E-state index in [1.807, 2.05) is 0 Å². The Labute approximate surface area is 82.6 Å². The highest BCUT2D eigenvalue weighted by atomic mass is 16.7. The third kappa shape index (κ3) is 2.05. The molecule has 0 amide bonds. The van der Waals surface area contributed by atoms with E-state index in [0.29, 0.717) is 0 Å². The van der Waals surface area contributed by atoms with Gasteiger partial charge >= 0.3 is 0 Å². The summed E-state index contributed by atoms with van der Waals surface area (Å²) >= 11 is 0. The predicted octanol–water partition coefficient (Wildman–Crippen LogP) is -1.95. The van der Waals surface area contributed by atoms with E-state index in [4.69, 9.17) is 25.1 Å². The average Bonchev–Trinajstić information content (AvgIpc) is 2.21. The maximum Gasteiger partial charge on any atom is 0.175 e. The van der Waals surface area contributed by atoms with E-state index in [0.717, 1.165) is 0 Å². The molecular weight excluding hydrogens is 190 g/mol. The Bertz CT molecular complexity index is 177. The lowest BCUT2D eigenvalue weighted by Crippen LogP contribution is -2.62. The van der Waals surface area contributed by atoms with Crippen molar-refractivity contribution in [2.45, 2.75) is 30.6 Å². The smallest absolute Gasteiger partial charge is 0.175 e. The first kappa shape index (κ1) is 11.8. The van der Waals surface area contributed by atoms with Gasteiger partial charge in [0.1, 0.15) is 18.3 Å². The first-order valence-electron chi connectivity index (χ1n) is 4.41. The lowest BCUT2D eigenvalue weighted by atomic mass is 9.97. The summed E-state index contributed by atoms with van der Waals surface area (Å²) in [6.07, 6.45) is -2.86. The molecule has 84 valence electrons. The van der Waals surface area contributed by atoms with Gasteiger partial charge in [-0.1, -0.05) is 0 Å². The van der Waals surface area contributed by atoms with Crippen LogP contribution >= 0.6 is 0 Å². The van der Waals surface area contributed by atoms with E-state index in [2.05, 4.69) is 0 Å². The third-order valence-corrected chi connectivity index (χ3v) is 2.40. The molecule has 5 atom stereocenters. The number of methoxy groups -OCH3 is 2. The Morgan fingerprint density at radius 2 is 2.00 bits per heavy atom. The van der Waals surface area contributed by atoms with Crippen LogP contribution in [0, 0.1) is 0 Å². The van der Waals surface area contributed by atoms with Crippen LogP contribution in [0.4, 0.5) is 0 Å². The van der Waals surface area contributed by atoms with Crippen LogP contribution in [0.3, 0.4) is 0 Å². The molecule has 1 aliphatic heterocycles. The summed E-state index contributed by atoms with van der Waals surface area (Å²) in [4.78, 5) is 0. The fourth-order valence-electron chi connectivity index (χ4n) is 1.59. The van der Waals surface area contributed by atoms with Crippen molar-refractivity contribution >= 4 is 0 Å². The van der Waals surface area contributed by atoms with Crippen LogP contribution in [-0.4, -0.2) is 61.7 Å². The fraction of sp³-hybridized carbons (Fsp3) is 1.00. The van der Waals surface area contributed by atoms with Crippen molar-refractivity contribution in [1.29, 1.82) is 0 Å². The van der Waals surface area contributed by atoms with Gasteiger partial charge in [0.25, 0.3) is 0 Å². The van der Waals surface area contributed by atoms with E-state index < -0.39 is 30.6 Å². The molecule has 0 aromatic rings. The minimum absolute atomic E-state index is 0.248. The number of hydrogen-bond donors (Lipinski definition) is 3. The summed E-state index contributed by atoms with van der Waals surface area (Å²) < 4.78 is 15.2. The SMILES string of the molecule is COC1OC(CO)[C@@H](OC)C(O)[C@@H]1N. The van der Waals surface area contributed by atoms with E-state index in [1.54, 1.807) is 0 Å². The molecule has 0 radical (unpaired) electrons. The molecule has 1 fully saturated rings. The molecule has 0 aliphatic carbocycles. The highest BCUT2D eigenvalue weighted by Crippen LogP contribution is 2.21. The van der Waals surface area contributed by atoms with Crippen molar-refractivity contribution in [3.63, 3.8) is 0 Å². The van der Waals surface area contributed by atoms with Gasteiger partial charge in [0.2, 0.25) is 0 Å². The Hall–Kier alpha value is -0.240. The number of hydrogen-bond acceptors (Lipinski definition) is 6. The number of aliphatic hydroxyl groups excluding tert-OH is 2. The van der Waals surface area contributed by atoms with Gasteiger partial charge in [0.05, 0.1) is 12.6 Å². The van der Waals surface area contributed by atoms with Crippen LogP contribution in [0.2, 0.25) is 0 Å². The lowest BCUT2D eigenvalue weighted by molar-refractivity contribution is -0.262. The second-order valence-electron chi connectivity index (χ2n) is 3.23. The van der Waals surface area contributed by atoms with Crippen molar-refractivity contribution in [2.75, 3.05) is 20.8 Å². The van der Waals surface area contributed by atoms with Crippen molar-refractivity contribution in [1.82, 2.24) is 0 Å². The molecule has 14 heavy (non-hydrogen) atoms. The average molecular weight is 207 g/mol. The molecule has 1 rings (SSSR count). The summed E-state index contributed by atoms with van der Waals surface area (Å²) in [5, 5.41) is 18.7. The standard InChI is InChI=1S/C8H17NO5/c1-12-7-4(3-10)14-8(13-2)5(9)6(7)11/h4-8,10-11H,3,9H2,1-2H3/t4?,5-,6?,7+,8?/m0/s1. The second-order valence-corrected chi connectivity index (χ2v) is 3.23. The van der Waals surface area contributed by atoms with Gasteiger partial charge in [-0.25, -0.2) is 0 Å². The summed E-state index contributed by atoms with van der Waals surface area (Å²) in [6.45, 7) is -0.248. The van der Waals surface area contributed by atoms with E-state index >= 15 is 0 Å². The fourth-order valence-corrected chi connectivity index (χ4v) is 1.59. The minimum atomic E-state index is -0.907. The summed E-state index contributed by atoms with van der Waals surface area (Å²) in [6, 6.07) is -0.673. The Morgan fingerprint density at radius 3 is 2.43 bits per heavy atom. The highest BCUT2D eigenvalue weighted by molar-refractivity contribution is 4.92. The topological polar surface area (TPSA) is 94.2 Å². The van der Waals surface area contributed by atoms with Crippen molar-refractivity contribution in [3.8, 4) is 0 Å². The summed E-state index contributed by atoms with van der Waals surface area (Å²) in [5.74, 6) is 0. The van der Waals surface area contributed by atoms with Crippen LogP contribution in [-0.2, 0) is 14.2 Å². The van der Waals surface area contributed by atoms with E-state index in [-0.39, 0.29) is 6.61 Å². The minimum Gasteiger partial charge on any atom is -0.394 e. The maximum atomic E-state index is 9.72. The quantitative estimate of drug-likeness (QED) is 0.498. The first-order valence-corrected chi connectivity index (χ1v) is 4.41. The molecule has 0 aromatic carbocycles. The highest BCUT2D eigenvalue weighted by Gasteiger charge is 2.43. The number of ether oxygens (including phenoxy) is 3. The van der Waals surface area contributed by atoms with Gasteiger partial charge in [-0.05, 0) is 0 Å². The van der Waals surface area contributed by atoms with Crippen molar-refractivity contribution < 1.29 is 24.4 Å². The first-order chi connectivity index (χ1) is 6.65. The van der Waals surface area contributed by atoms with Gasteiger partial charge in [-0.3, -0.25) is 0 Å². The molecule has 4 N–H and O–H groups in total. The number of rotatable bonds is 3. The zero-order valence-corrected chi connectivity index (χ0v) is 8.29. The number of aliphatic hydroxyl groups is 2. The van der Waals surface area contributed by atoms with Gasteiger partial charge in [0.15, 0.2) is 6.29 Å². The molecule has 1 aliphatic rings. The van der Waals surface area contributed by atoms with Crippen LogP contribution in [0.25, 0.3) is 0 Å². The molecule has 1 heterocycles. The maximum absolute atomic E-state index is 9.72. The van der Waals surface area contributed by atoms with E-state index in [1.165, 1.54) is 14.2 Å². The van der Waals surface area contributed by atoms with Crippen molar-refractivity contribution in [2.24, 2.45) is 5.73 Å². The Balaban J connectivity index is 2.71. The van der Waals surface area contributed by atoms with Crippen LogP contribution in [0.5, 0.6) is 0 Å². The third-order valence-electron chi connectivity index (χ3n) is 2.40. The van der Waals surface area contributed by atoms with Gasteiger partial charge in [0, 0.05) is 14.2 Å². The number of nitrogens with two attached hydrogens (primary N) is 1. The molecule has 0 aromatic heterocycles. The molecule has 0 spiro atoms. The zero-order chi connectivity index (χ0) is 10.7. The van der Waals surface area contributed by atoms with Crippen LogP contribution in [0.15, 0.2) is 0 Å². The van der Waals surface area contributed by atoms with Gasteiger partial charge in [-0.15, -0.1) is 0 Å². The molecule has 1 saturated heterocycles. The summed E-state index contributed by atoms with van der Waals surface area (Å²) in [5.41, 5.74) is 5.65. The van der Waals surface area contributed by atoms with Gasteiger partial charge in [-0.2, -0.15) is 0 Å². The monoisotopic (exact) mass is 207 g/mol. The molecule has 0 bridgehead atoms. The molecular formula is C8H17NO5. The predicted molar refractivity (Wildman–Crippen MR) is 47.5 cm³/mol. The zero-order valence-electron chi connectivity index (χ0n) is 8.29. The second kappa shape index (κ2) is 5.01. The Morgan fingerprint density at radius 1 is 1.36 bits per heavy atom. The molecule has 6 heteroatoms. The normalized spacial score (nSPS) is 43.9. The van der Waals surface area contributed by atoms with Crippen LogP contribution in [0.1, 0.15) is 0 Å². The van der Waals surface area contributed by atoms with Crippen molar-refractivity contribution in [3.05, 3.63) is 0 Å².